The third-order valence-corrected chi connectivity index (χ3v) is 5.70. The fraction of sp³-hybridized carbons (Fsp3) is 0.421. The average molecular weight is 414 g/mol. The van der Waals surface area contributed by atoms with Crippen molar-refractivity contribution in [3.63, 3.8) is 0 Å². The van der Waals surface area contributed by atoms with Crippen molar-refractivity contribution in [2.75, 3.05) is 36.9 Å². The summed E-state index contributed by atoms with van der Waals surface area (Å²) in [5, 5.41) is 8.01. The largest absolute Gasteiger partial charge is 0.349 e. The van der Waals surface area contributed by atoms with Crippen LogP contribution in [0.5, 0.6) is 0 Å². The lowest BCUT2D eigenvalue weighted by atomic mass is 9.92. The van der Waals surface area contributed by atoms with Gasteiger partial charge in [0.2, 0.25) is 12.2 Å². The van der Waals surface area contributed by atoms with Gasteiger partial charge in [-0.05, 0) is 7.05 Å². The van der Waals surface area contributed by atoms with Crippen molar-refractivity contribution < 1.29 is 13.6 Å². The van der Waals surface area contributed by atoms with E-state index in [1.54, 1.807) is 12.3 Å². The third kappa shape index (κ3) is 2.96. The number of hydrogen-bond donors (Lipinski definition) is 1. The number of nitrogens with one attached hydrogen (secondary N) is 1. The molecule has 3 aromatic heterocycles. The molecule has 2 fully saturated rings. The molecule has 2 unspecified atom stereocenters. The van der Waals surface area contributed by atoms with E-state index >= 15 is 0 Å². The van der Waals surface area contributed by atoms with E-state index in [2.05, 4.69) is 37.1 Å². The average Bonchev–Trinajstić information content (AvgIpc) is 3.20. The summed E-state index contributed by atoms with van der Waals surface area (Å²) in [6, 6.07) is 3.54. The Balaban J connectivity index is 1.64. The summed E-state index contributed by atoms with van der Waals surface area (Å²) in [7, 11) is 2.10. The molecule has 9 nitrogen and oxygen atoms in total. The number of nitrogens with zero attached hydrogens (tertiary/aromatic N) is 7. The number of pyridine rings is 1. The highest BCUT2D eigenvalue weighted by Crippen LogP contribution is 2.39. The number of amides is 1. The molecule has 1 amide bonds. The van der Waals surface area contributed by atoms with E-state index in [4.69, 9.17) is 5.10 Å². The maximum absolute atomic E-state index is 13.8. The molecule has 11 heteroatoms. The molecular formula is C19H20F2N8O. The van der Waals surface area contributed by atoms with Gasteiger partial charge in [-0.3, -0.25) is 4.79 Å². The van der Waals surface area contributed by atoms with Crippen molar-refractivity contribution in [1.82, 2.24) is 29.6 Å². The first kappa shape index (κ1) is 18.8. The van der Waals surface area contributed by atoms with Crippen molar-refractivity contribution in [3.05, 3.63) is 30.4 Å². The van der Waals surface area contributed by atoms with Crippen LogP contribution in [0.2, 0.25) is 0 Å². The van der Waals surface area contributed by atoms with Crippen molar-refractivity contribution in [3.8, 4) is 5.82 Å². The van der Waals surface area contributed by atoms with Crippen molar-refractivity contribution >= 4 is 28.9 Å². The van der Waals surface area contributed by atoms with Gasteiger partial charge in [0.1, 0.15) is 5.82 Å². The Morgan fingerprint density at radius 2 is 2.10 bits per heavy atom. The Labute approximate surface area is 170 Å². The van der Waals surface area contributed by atoms with Gasteiger partial charge in [0.15, 0.2) is 11.6 Å². The number of hydrogen-bond acceptors (Lipinski definition) is 7. The number of likely N-dealkylation sites (tertiary alicyclic amines) is 1. The Kier molecular flexibility index (Phi) is 4.17. The monoisotopic (exact) mass is 414 g/mol. The Hall–Kier alpha value is -3.21. The molecule has 30 heavy (non-hydrogen) atoms. The van der Waals surface area contributed by atoms with Crippen LogP contribution in [-0.2, 0) is 10.7 Å². The van der Waals surface area contributed by atoms with Crippen LogP contribution in [0.15, 0.2) is 24.5 Å². The zero-order valence-electron chi connectivity index (χ0n) is 16.5. The summed E-state index contributed by atoms with van der Waals surface area (Å²) >= 11 is 0. The maximum atomic E-state index is 13.8. The second-order valence-corrected chi connectivity index (χ2v) is 7.91. The third-order valence-electron chi connectivity index (χ3n) is 5.70. The first-order valence-corrected chi connectivity index (χ1v) is 9.61. The van der Waals surface area contributed by atoms with Crippen molar-refractivity contribution in [2.24, 2.45) is 5.92 Å². The van der Waals surface area contributed by atoms with Gasteiger partial charge in [0.25, 0.3) is 0 Å². The predicted molar refractivity (Wildman–Crippen MR) is 106 cm³/mol. The number of fused-ring (bicyclic) bond motifs is 2. The number of aromatic nitrogens is 5. The molecule has 0 spiro atoms. The molecular weight excluding hydrogens is 394 g/mol. The Bertz CT molecular complexity index is 1130. The molecule has 5 rings (SSSR count). The minimum absolute atomic E-state index is 0.224. The number of anilines is 2. The van der Waals surface area contributed by atoms with Crippen LogP contribution in [-0.4, -0.2) is 68.8 Å². The number of carbonyl (C=O) groups is 1. The normalized spacial score (nSPS) is 21.5. The molecule has 0 radical (unpaired) electrons. The summed E-state index contributed by atoms with van der Waals surface area (Å²) in [6.45, 7) is 3.62. The lowest BCUT2D eigenvalue weighted by Gasteiger charge is -2.44. The van der Waals surface area contributed by atoms with Gasteiger partial charge < -0.3 is 15.1 Å². The molecule has 0 aliphatic carbocycles. The number of halogens is 2. The highest BCUT2D eigenvalue weighted by atomic mass is 19.3. The van der Waals surface area contributed by atoms with Crippen molar-refractivity contribution in [2.45, 2.75) is 18.9 Å². The highest BCUT2D eigenvalue weighted by molar-refractivity contribution is 5.93. The van der Waals surface area contributed by atoms with Gasteiger partial charge in [-0.25, -0.2) is 19.6 Å². The minimum Gasteiger partial charge on any atom is -0.349 e. The second-order valence-electron chi connectivity index (χ2n) is 7.91. The SMILES string of the molecule is CN1CC2CN(c3nn(-c4ccnc(C(C)(F)F)n4)c4cc(NC=O)ncc34)C2C1. The van der Waals surface area contributed by atoms with Crippen LogP contribution >= 0.6 is 0 Å². The lowest BCUT2D eigenvalue weighted by molar-refractivity contribution is -0.105. The second kappa shape index (κ2) is 6.66. The first-order valence-electron chi connectivity index (χ1n) is 9.61. The molecule has 2 aliphatic heterocycles. The molecule has 2 saturated heterocycles. The van der Waals surface area contributed by atoms with Gasteiger partial charge in [0, 0.05) is 63.0 Å². The molecule has 0 aromatic carbocycles. The van der Waals surface area contributed by atoms with E-state index < -0.39 is 11.7 Å². The fourth-order valence-corrected chi connectivity index (χ4v) is 4.29. The highest BCUT2D eigenvalue weighted by Gasteiger charge is 2.46. The van der Waals surface area contributed by atoms with Crippen LogP contribution < -0.4 is 10.2 Å². The molecule has 5 heterocycles. The first-order chi connectivity index (χ1) is 14.3. The summed E-state index contributed by atoms with van der Waals surface area (Å²) in [4.78, 5) is 27.4. The molecule has 2 aliphatic rings. The lowest BCUT2D eigenvalue weighted by Crippen LogP contribution is -2.56. The van der Waals surface area contributed by atoms with Gasteiger partial charge in [-0.1, -0.05) is 0 Å². The van der Waals surface area contributed by atoms with Crippen LogP contribution in [0.3, 0.4) is 0 Å². The number of carbonyl (C=O) groups excluding carboxylic acids is 1. The van der Waals surface area contributed by atoms with E-state index in [1.807, 2.05) is 0 Å². The standard InChI is InChI=1S/C19H20F2N8O/c1-19(20,21)18-22-4-3-16(25-18)29-13-5-15(24-10-30)23-6-12(13)17(26-29)28-8-11-7-27(2)9-14(11)28/h3-6,10-11,14H,7-9H2,1-2H3,(H,23,24,30). The molecule has 3 aromatic rings. The van der Waals surface area contributed by atoms with E-state index in [1.165, 1.54) is 16.9 Å². The topological polar surface area (TPSA) is 92.1 Å². The van der Waals surface area contributed by atoms with E-state index in [-0.39, 0.29) is 5.82 Å². The van der Waals surface area contributed by atoms with Crippen molar-refractivity contribution in [1.29, 1.82) is 0 Å². The van der Waals surface area contributed by atoms with Crippen LogP contribution in [0.1, 0.15) is 12.7 Å². The van der Waals surface area contributed by atoms with Gasteiger partial charge in [0.05, 0.1) is 10.9 Å². The Morgan fingerprint density at radius 1 is 1.27 bits per heavy atom. The molecule has 0 saturated carbocycles. The summed E-state index contributed by atoms with van der Waals surface area (Å²) in [5.74, 6) is -1.87. The molecule has 1 N–H and O–H groups in total. The number of rotatable bonds is 5. The van der Waals surface area contributed by atoms with Gasteiger partial charge >= 0.3 is 5.92 Å². The van der Waals surface area contributed by atoms with E-state index in [0.717, 1.165) is 37.8 Å². The fourth-order valence-electron chi connectivity index (χ4n) is 4.29. The number of alkyl halides is 2. The Morgan fingerprint density at radius 3 is 2.83 bits per heavy atom. The van der Waals surface area contributed by atoms with Gasteiger partial charge in [-0.2, -0.15) is 8.78 Å². The molecule has 156 valence electrons. The zero-order chi connectivity index (χ0) is 21.0. The summed E-state index contributed by atoms with van der Waals surface area (Å²) in [6.07, 6.45) is 3.47. The summed E-state index contributed by atoms with van der Waals surface area (Å²) < 4.78 is 29.1. The summed E-state index contributed by atoms with van der Waals surface area (Å²) in [5.41, 5.74) is 0.614. The molecule has 0 bridgehead atoms. The van der Waals surface area contributed by atoms with E-state index in [9.17, 15) is 13.6 Å². The van der Waals surface area contributed by atoms with Gasteiger partial charge in [-0.15, -0.1) is 5.10 Å². The minimum atomic E-state index is -3.17. The predicted octanol–water partition coefficient (Wildman–Crippen LogP) is 1.64. The van der Waals surface area contributed by atoms with E-state index in [0.29, 0.717) is 29.7 Å². The van der Waals surface area contributed by atoms with Crippen LogP contribution in [0.4, 0.5) is 20.4 Å². The van der Waals surface area contributed by atoms with Crippen LogP contribution in [0.25, 0.3) is 16.7 Å². The maximum Gasteiger partial charge on any atom is 0.303 e. The zero-order valence-corrected chi connectivity index (χ0v) is 16.5. The quantitative estimate of drug-likeness (QED) is 0.635. The molecule has 2 atom stereocenters. The van der Waals surface area contributed by atoms with Crippen LogP contribution in [0, 0.1) is 5.92 Å². The number of likely N-dealkylation sites (N-methyl/N-ethyl adjacent to an activating group) is 1. The smallest absolute Gasteiger partial charge is 0.303 e.